The van der Waals surface area contributed by atoms with E-state index in [9.17, 15) is 4.21 Å². The SMILES string of the molecule is COC1(c2ncc(Br)cc2N)C=NS(=O)N1. The predicted octanol–water partition coefficient (Wildman–Crippen LogP) is 0.478. The molecule has 3 N–H and O–H groups in total. The highest BCUT2D eigenvalue weighted by molar-refractivity contribution is 9.10. The third-order valence-electron chi connectivity index (χ3n) is 2.13. The molecule has 0 saturated heterocycles. The van der Waals surface area contributed by atoms with Gasteiger partial charge in [0.1, 0.15) is 5.69 Å². The molecule has 0 amide bonds. The second-order valence-corrected chi connectivity index (χ2v) is 4.95. The number of nitrogen functional groups attached to an aromatic ring is 1. The monoisotopic (exact) mass is 304 g/mol. The fraction of sp³-hybridized carbons (Fsp3) is 0.250. The molecule has 86 valence electrons. The van der Waals surface area contributed by atoms with E-state index in [2.05, 4.69) is 30.0 Å². The Bertz CT molecular complexity index is 481. The van der Waals surface area contributed by atoms with Crippen LogP contribution in [0.1, 0.15) is 5.69 Å². The largest absolute Gasteiger partial charge is 0.397 e. The quantitative estimate of drug-likeness (QED) is 0.831. The summed E-state index contributed by atoms with van der Waals surface area (Å²) in [6, 6.07) is 1.69. The number of nitrogens with zero attached hydrogens (tertiary/aromatic N) is 2. The number of halogens is 1. The Morgan fingerprint density at radius 2 is 2.44 bits per heavy atom. The zero-order valence-corrected chi connectivity index (χ0v) is 10.7. The fourth-order valence-corrected chi connectivity index (χ4v) is 2.51. The van der Waals surface area contributed by atoms with E-state index < -0.39 is 16.9 Å². The first-order valence-corrected chi connectivity index (χ1v) is 6.19. The van der Waals surface area contributed by atoms with E-state index >= 15 is 0 Å². The summed E-state index contributed by atoms with van der Waals surface area (Å²) in [5.41, 5.74) is 5.58. The number of nitrogens with two attached hydrogens (primary N) is 1. The number of rotatable bonds is 2. The van der Waals surface area contributed by atoms with Gasteiger partial charge in [0.2, 0.25) is 16.9 Å². The smallest absolute Gasteiger partial charge is 0.219 e. The highest BCUT2D eigenvalue weighted by atomic mass is 79.9. The van der Waals surface area contributed by atoms with Gasteiger partial charge in [-0.2, -0.15) is 9.12 Å². The van der Waals surface area contributed by atoms with Crippen molar-refractivity contribution in [3.63, 3.8) is 0 Å². The molecule has 0 radical (unpaired) electrons. The summed E-state index contributed by atoms with van der Waals surface area (Å²) in [6.07, 6.45) is 2.99. The van der Waals surface area contributed by atoms with Crippen molar-refractivity contribution >= 4 is 39.0 Å². The summed E-state index contributed by atoms with van der Waals surface area (Å²) >= 11 is 1.74. The molecular formula is C8H9BrN4O2S. The maximum absolute atomic E-state index is 11.2. The molecule has 0 fully saturated rings. The van der Waals surface area contributed by atoms with Crippen LogP contribution in [0.2, 0.25) is 0 Å². The van der Waals surface area contributed by atoms with Crippen LogP contribution in [-0.2, 0) is 21.6 Å². The van der Waals surface area contributed by atoms with Gasteiger partial charge < -0.3 is 10.5 Å². The second kappa shape index (κ2) is 4.21. The summed E-state index contributed by atoms with van der Waals surface area (Å²) < 4.78 is 23.6. The topological polar surface area (TPSA) is 89.6 Å². The van der Waals surface area contributed by atoms with Crippen LogP contribution in [-0.4, -0.2) is 22.5 Å². The lowest BCUT2D eigenvalue weighted by molar-refractivity contribution is 0.0431. The fourth-order valence-electron chi connectivity index (χ4n) is 1.37. The van der Waals surface area contributed by atoms with E-state index in [0.29, 0.717) is 11.4 Å². The molecule has 2 atom stereocenters. The number of hydrogen-bond acceptors (Lipinski definition) is 4. The van der Waals surface area contributed by atoms with Crippen LogP contribution in [0.15, 0.2) is 21.1 Å². The number of ether oxygens (including phenoxy) is 1. The van der Waals surface area contributed by atoms with Gasteiger partial charge in [-0.15, -0.1) is 0 Å². The number of methoxy groups -OCH3 is 1. The maximum Gasteiger partial charge on any atom is 0.219 e. The minimum atomic E-state index is -1.52. The normalized spacial score (nSPS) is 28.5. The van der Waals surface area contributed by atoms with Crippen LogP contribution in [0.3, 0.4) is 0 Å². The lowest BCUT2D eigenvalue weighted by Crippen LogP contribution is -2.43. The third kappa shape index (κ3) is 1.88. The van der Waals surface area contributed by atoms with E-state index in [1.807, 2.05) is 0 Å². The number of hydrogen-bond donors (Lipinski definition) is 2. The molecule has 6 nitrogen and oxygen atoms in total. The Hall–Kier alpha value is -0.830. The molecule has 0 aliphatic carbocycles. The van der Waals surface area contributed by atoms with Crippen molar-refractivity contribution in [2.45, 2.75) is 5.72 Å². The van der Waals surface area contributed by atoms with E-state index in [0.717, 1.165) is 4.47 Å². The molecule has 0 bridgehead atoms. The standard InChI is InChI=1S/C8H9BrN4O2S/c1-15-8(4-12-16(14)13-8)7-6(10)2-5(9)3-11-7/h2-4,13H,10H2,1H3. The van der Waals surface area contributed by atoms with Gasteiger partial charge in [0.05, 0.1) is 11.9 Å². The van der Waals surface area contributed by atoms with Gasteiger partial charge >= 0.3 is 0 Å². The Morgan fingerprint density at radius 3 is 2.94 bits per heavy atom. The molecule has 0 aromatic carbocycles. The molecule has 1 aromatic rings. The van der Waals surface area contributed by atoms with Gasteiger partial charge in [0.15, 0.2) is 0 Å². The lowest BCUT2D eigenvalue weighted by Gasteiger charge is -2.24. The third-order valence-corrected chi connectivity index (χ3v) is 3.34. The van der Waals surface area contributed by atoms with Gasteiger partial charge in [-0.1, -0.05) is 0 Å². The van der Waals surface area contributed by atoms with Crippen molar-refractivity contribution in [2.24, 2.45) is 4.40 Å². The molecule has 16 heavy (non-hydrogen) atoms. The molecule has 0 saturated carbocycles. The lowest BCUT2D eigenvalue weighted by atomic mass is 10.1. The van der Waals surface area contributed by atoms with E-state index in [1.54, 1.807) is 12.3 Å². The summed E-state index contributed by atoms with van der Waals surface area (Å²) in [5, 5.41) is 0. The first-order valence-electron chi connectivity index (χ1n) is 4.29. The van der Waals surface area contributed by atoms with Crippen LogP contribution in [0, 0.1) is 0 Å². The average Bonchev–Trinajstić information content (AvgIpc) is 2.61. The van der Waals surface area contributed by atoms with Crippen molar-refractivity contribution in [3.05, 3.63) is 22.4 Å². The number of aromatic nitrogens is 1. The minimum Gasteiger partial charge on any atom is -0.397 e. The van der Waals surface area contributed by atoms with Gasteiger partial charge in [-0.3, -0.25) is 4.98 Å². The van der Waals surface area contributed by atoms with Crippen LogP contribution < -0.4 is 10.5 Å². The molecule has 1 aromatic heterocycles. The highest BCUT2D eigenvalue weighted by Crippen LogP contribution is 2.28. The summed E-state index contributed by atoms with van der Waals surface area (Å²) in [4.78, 5) is 4.15. The summed E-state index contributed by atoms with van der Waals surface area (Å²) in [7, 11) is 1.46. The summed E-state index contributed by atoms with van der Waals surface area (Å²) in [5.74, 6) is 0. The van der Waals surface area contributed by atoms with Crippen LogP contribution in [0.4, 0.5) is 5.69 Å². The highest BCUT2D eigenvalue weighted by Gasteiger charge is 2.39. The van der Waals surface area contributed by atoms with Crippen molar-refractivity contribution in [1.82, 2.24) is 9.71 Å². The van der Waals surface area contributed by atoms with E-state index in [1.165, 1.54) is 13.3 Å². The Balaban J connectivity index is 2.49. The van der Waals surface area contributed by atoms with Gasteiger partial charge in [-0.05, 0) is 22.0 Å². The Morgan fingerprint density at radius 1 is 1.69 bits per heavy atom. The summed E-state index contributed by atoms with van der Waals surface area (Å²) in [6.45, 7) is 0. The molecule has 0 spiro atoms. The molecule has 2 unspecified atom stereocenters. The average molecular weight is 305 g/mol. The molecular weight excluding hydrogens is 296 g/mol. The van der Waals surface area contributed by atoms with Crippen molar-refractivity contribution < 1.29 is 8.95 Å². The van der Waals surface area contributed by atoms with Crippen LogP contribution in [0.5, 0.6) is 0 Å². The van der Waals surface area contributed by atoms with Crippen LogP contribution >= 0.6 is 15.9 Å². The van der Waals surface area contributed by atoms with E-state index in [4.69, 9.17) is 10.5 Å². The number of anilines is 1. The zero-order chi connectivity index (χ0) is 11.8. The van der Waals surface area contributed by atoms with Crippen molar-refractivity contribution in [2.75, 3.05) is 12.8 Å². The van der Waals surface area contributed by atoms with E-state index in [-0.39, 0.29) is 0 Å². The second-order valence-electron chi connectivity index (χ2n) is 3.12. The van der Waals surface area contributed by atoms with Gasteiger partial charge in [0.25, 0.3) is 0 Å². The Kier molecular flexibility index (Phi) is 3.06. The Labute approximate surface area is 103 Å². The van der Waals surface area contributed by atoms with Crippen LogP contribution in [0.25, 0.3) is 0 Å². The number of nitrogens with one attached hydrogen (secondary N) is 1. The van der Waals surface area contributed by atoms with Crippen molar-refractivity contribution in [1.29, 1.82) is 0 Å². The van der Waals surface area contributed by atoms with Gasteiger partial charge in [-0.25, -0.2) is 4.21 Å². The zero-order valence-electron chi connectivity index (χ0n) is 8.31. The maximum atomic E-state index is 11.2. The van der Waals surface area contributed by atoms with Gasteiger partial charge in [0, 0.05) is 17.8 Å². The molecule has 8 heteroatoms. The number of pyridine rings is 1. The minimum absolute atomic E-state index is 0.425. The molecule has 2 heterocycles. The van der Waals surface area contributed by atoms with Crippen molar-refractivity contribution in [3.8, 4) is 0 Å². The molecule has 2 rings (SSSR count). The molecule has 1 aliphatic rings. The first kappa shape index (κ1) is 11.6. The first-order chi connectivity index (χ1) is 7.57. The predicted molar refractivity (Wildman–Crippen MR) is 64.8 cm³/mol. The molecule has 1 aliphatic heterocycles.